The summed E-state index contributed by atoms with van der Waals surface area (Å²) in [7, 11) is 3.85. The maximum Gasteiger partial charge on any atom is 0.193 e. The van der Waals surface area contributed by atoms with Crippen LogP contribution in [0.4, 0.5) is 10.1 Å². The van der Waals surface area contributed by atoms with Crippen LogP contribution < -0.4 is 10.2 Å². The second-order valence-corrected chi connectivity index (χ2v) is 8.06. The summed E-state index contributed by atoms with van der Waals surface area (Å²) in [5.41, 5.74) is 2.17. The SMILES string of the molecule is CN=C(NCCN1CCN(c2ccc(F)cc2)CC1)N(C)Cc1csc(C)n1.I. The Labute approximate surface area is 193 Å². The summed E-state index contributed by atoms with van der Waals surface area (Å²) < 4.78 is 13.1. The molecule has 0 unspecified atom stereocenters. The van der Waals surface area contributed by atoms with Gasteiger partial charge in [-0.1, -0.05) is 0 Å². The zero-order valence-corrected chi connectivity index (χ0v) is 20.4. The Morgan fingerprint density at radius 1 is 1.24 bits per heavy atom. The lowest BCUT2D eigenvalue weighted by molar-refractivity contribution is 0.260. The highest BCUT2D eigenvalue weighted by molar-refractivity contribution is 14.0. The number of anilines is 1. The molecule has 1 fully saturated rings. The Hall–Kier alpha value is -1.46. The number of hydrogen-bond donors (Lipinski definition) is 1. The number of thiazole rings is 1. The standard InChI is InChI=1S/C20H29FN6S.HI/c1-16-24-18(15-28-16)14-25(3)20(22-2)23-8-9-26-10-12-27(13-11-26)19-6-4-17(21)5-7-19;/h4-7,15H,8-14H2,1-3H3,(H,22,23);1H. The van der Waals surface area contributed by atoms with E-state index in [1.807, 2.05) is 33.2 Å². The molecule has 1 aliphatic heterocycles. The van der Waals surface area contributed by atoms with Gasteiger partial charge in [0.15, 0.2) is 5.96 Å². The Morgan fingerprint density at radius 2 is 1.93 bits per heavy atom. The van der Waals surface area contributed by atoms with E-state index in [1.54, 1.807) is 11.3 Å². The average Bonchev–Trinajstić information content (AvgIpc) is 3.11. The maximum absolute atomic E-state index is 13.1. The number of rotatable bonds is 6. The molecule has 3 rings (SSSR count). The number of halogens is 2. The molecule has 29 heavy (non-hydrogen) atoms. The van der Waals surface area contributed by atoms with Gasteiger partial charge in [-0.2, -0.15) is 0 Å². The van der Waals surface area contributed by atoms with Gasteiger partial charge < -0.3 is 15.1 Å². The summed E-state index contributed by atoms with van der Waals surface area (Å²) in [6.45, 7) is 8.53. The number of nitrogens with one attached hydrogen (secondary N) is 1. The number of piperazine rings is 1. The largest absolute Gasteiger partial charge is 0.369 e. The number of nitrogens with zero attached hydrogens (tertiary/aromatic N) is 5. The fraction of sp³-hybridized carbons (Fsp3) is 0.500. The van der Waals surface area contributed by atoms with Crippen LogP contribution in [0.15, 0.2) is 34.6 Å². The van der Waals surface area contributed by atoms with E-state index < -0.39 is 0 Å². The Morgan fingerprint density at radius 3 is 2.52 bits per heavy atom. The molecule has 0 bridgehead atoms. The molecule has 0 amide bonds. The molecular weight excluding hydrogens is 502 g/mol. The van der Waals surface area contributed by atoms with Crippen LogP contribution in [0, 0.1) is 12.7 Å². The summed E-state index contributed by atoms with van der Waals surface area (Å²) in [5.74, 6) is 0.701. The van der Waals surface area contributed by atoms with E-state index in [1.165, 1.54) is 12.1 Å². The summed E-state index contributed by atoms with van der Waals surface area (Å²) in [6.07, 6.45) is 0. The molecule has 1 N–H and O–H groups in total. The lowest BCUT2D eigenvalue weighted by Crippen LogP contribution is -2.49. The quantitative estimate of drug-likeness (QED) is 0.352. The predicted molar refractivity (Wildman–Crippen MR) is 130 cm³/mol. The topological polar surface area (TPSA) is 47.0 Å². The van der Waals surface area contributed by atoms with Crippen molar-refractivity contribution < 1.29 is 4.39 Å². The number of guanidine groups is 1. The van der Waals surface area contributed by atoms with Crippen molar-refractivity contribution in [1.82, 2.24) is 20.1 Å². The molecule has 0 spiro atoms. The van der Waals surface area contributed by atoms with Crippen molar-refractivity contribution in [2.24, 2.45) is 4.99 Å². The minimum absolute atomic E-state index is 0. The van der Waals surface area contributed by atoms with Crippen LogP contribution in [0.2, 0.25) is 0 Å². The van der Waals surface area contributed by atoms with Gasteiger partial charge in [-0.05, 0) is 31.2 Å². The van der Waals surface area contributed by atoms with Crippen LogP contribution in [0.3, 0.4) is 0 Å². The number of aromatic nitrogens is 1. The minimum atomic E-state index is -0.184. The molecule has 1 saturated heterocycles. The lowest BCUT2D eigenvalue weighted by Gasteiger charge is -2.36. The molecular formula is C20H30FIN6S. The molecule has 1 aliphatic rings. The van der Waals surface area contributed by atoms with E-state index in [0.29, 0.717) is 0 Å². The van der Waals surface area contributed by atoms with Crippen molar-refractivity contribution >= 4 is 47.0 Å². The molecule has 0 aliphatic carbocycles. The fourth-order valence-electron chi connectivity index (χ4n) is 3.39. The van der Waals surface area contributed by atoms with Crippen molar-refractivity contribution in [3.05, 3.63) is 46.2 Å². The Bertz CT molecular complexity index is 774. The first kappa shape index (κ1) is 23.8. The predicted octanol–water partition coefficient (Wildman–Crippen LogP) is 3.04. The van der Waals surface area contributed by atoms with E-state index in [2.05, 4.69) is 35.4 Å². The van der Waals surface area contributed by atoms with E-state index in [9.17, 15) is 4.39 Å². The fourth-order valence-corrected chi connectivity index (χ4v) is 3.99. The van der Waals surface area contributed by atoms with Gasteiger partial charge in [-0.3, -0.25) is 9.89 Å². The van der Waals surface area contributed by atoms with Crippen LogP contribution in [0.25, 0.3) is 0 Å². The highest BCUT2D eigenvalue weighted by Gasteiger charge is 2.17. The molecule has 0 saturated carbocycles. The molecule has 1 aromatic carbocycles. The van der Waals surface area contributed by atoms with E-state index in [0.717, 1.165) is 68.2 Å². The zero-order chi connectivity index (χ0) is 19.9. The zero-order valence-electron chi connectivity index (χ0n) is 17.3. The van der Waals surface area contributed by atoms with Gasteiger partial charge in [0, 0.05) is 64.4 Å². The lowest BCUT2D eigenvalue weighted by atomic mass is 10.2. The number of hydrogen-bond acceptors (Lipinski definition) is 5. The molecule has 2 heterocycles. The van der Waals surface area contributed by atoms with Gasteiger partial charge in [0.25, 0.3) is 0 Å². The van der Waals surface area contributed by atoms with Crippen molar-refractivity contribution in [2.45, 2.75) is 13.5 Å². The molecule has 9 heteroatoms. The third-order valence-corrected chi connectivity index (χ3v) is 5.74. The first-order valence-electron chi connectivity index (χ1n) is 9.61. The number of aryl methyl sites for hydroxylation is 1. The average molecular weight is 532 g/mol. The van der Waals surface area contributed by atoms with Crippen molar-refractivity contribution in [3.8, 4) is 0 Å². The second kappa shape index (κ2) is 11.7. The Kier molecular flexibility index (Phi) is 9.57. The van der Waals surface area contributed by atoms with Crippen LogP contribution in [-0.2, 0) is 6.54 Å². The second-order valence-electron chi connectivity index (χ2n) is 6.99. The number of benzene rings is 1. The van der Waals surface area contributed by atoms with Crippen molar-refractivity contribution in [1.29, 1.82) is 0 Å². The highest BCUT2D eigenvalue weighted by atomic mass is 127. The monoisotopic (exact) mass is 532 g/mol. The smallest absolute Gasteiger partial charge is 0.193 e. The van der Waals surface area contributed by atoms with Gasteiger partial charge >= 0.3 is 0 Å². The van der Waals surface area contributed by atoms with E-state index >= 15 is 0 Å². The van der Waals surface area contributed by atoms with E-state index in [-0.39, 0.29) is 29.8 Å². The Balaban J connectivity index is 0.00000300. The van der Waals surface area contributed by atoms with Crippen molar-refractivity contribution in [2.75, 3.05) is 58.3 Å². The highest BCUT2D eigenvalue weighted by Crippen LogP contribution is 2.16. The van der Waals surface area contributed by atoms with Gasteiger partial charge in [0.05, 0.1) is 17.2 Å². The van der Waals surface area contributed by atoms with Gasteiger partial charge in [-0.25, -0.2) is 9.37 Å². The number of aliphatic imine (C=N–C) groups is 1. The third-order valence-electron chi connectivity index (χ3n) is 4.91. The summed E-state index contributed by atoms with van der Waals surface area (Å²) in [5, 5.41) is 6.63. The summed E-state index contributed by atoms with van der Waals surface area (Å²) in [6, 6.07) is 6.77. The van der Waals surface area contributed by atoms with Gasteiger partial charge in [0.2, 0.25) is 0 Å². The molecule has 1 aromatic heterocycles. The first-order chi connectivity index (χ1) is 13.5. The third kappa shape index (κ3) is 7.07. The van der Waals surface area contributed by atoms with Crippen LogP contribution in [0.1, 0.15) is 10.7 Å². The minimum Gasteiger partial charge on any atom is -0.369 e. The molecule has 2 aromatic rings. The first-order valence-corrected chi connectivity index (χ1v) is 10.5. The van der Waals surface area contributed by atoms with Crippen LogP contribution >= 0.6 is 35.3 Å². The van der Waals surface area contributed by atoms with Gasteiger partial charge in [0.1, 0.15) is 5.82 Å². The summed E-state index contributed by atoms with van der Waals surface area (Å²) >= 11 is 1.67. The molecule has 160 valence electrons. The van der Waals surface area contributed by atoms with Gasteiger partial charge in [-0.15, -0.1) is 35.3 Å². The van der Waals surface area contributed by atoms with Crippen LogP contribution in [0.5, 0.6) is 0 Å². The van der Waals surface area contributed by atoms with E-state index in [4.69, 9.17) is 0 Å². The summed E-state index contributed by atoms with van der Waals surface area (Å²) in [4.78, 5) is 15.8. The van der Waals surface area contributed by atoms with Crippen molar-refractivity contribution in [3.63, 3.8) is 0 Å². The molecule has 6 nitrogen and oxygen atoms in total. The molecule has 0 atom stereocenters. The molecule has 0 radical (unpaired) electrons. The van der Waals surface area contributed by atoms with Crippen LogP contribution in [-0.4, -0.2) is 74.1 Å². The normalized spacial score (nSPS) is 15.2. The maximum atomic E-state index is 13.1.